The highest BCUT2D eigenvalue weighted by Gasteiger charge is 2.46. The Bertz CT molecular complexity index is 1600. The molecule has 2 aromatic carbocycles. The van der Waals surface area contributed by atoms with Gasteiger partial charge in [0.2, 0.25) is 29.5 Å². The van der Waals surface area contributed by atoms with Crippen molar-refractivity contribution in [3.05, 3.63) is 40.1 Å². The predicted molar refractivity (Wildman–Crippen MR) is 151 cm³/mol. The lowest BCUT2D eigenvalue weighted by Crippen LogP contribution is -2.60. The largest absolute Gasteiger partial charge is 0.507 e. The Labute approximate surface area is 259 Å². The van der Waals surface area contributed by atoms with E-state index in [1.165, 1.54) is 38.3 Å². The molecule has 10 unspecified atom stereocenters. The first-order valence-electron chi connectivity index (χ1n) is 14.0. The third kappa shape index (κ3) is 5.71. The third-order valence-electron chi connectivity index (χ3n) is 7.94. The molecule has 0 saturated carbocycles. The summed E-state index contributed by atoms with van der Waals surface area (Å²) in [4.78, 5) is 13.6. The molecule has 2 fully saturated rings. The van der Waals surface area contributed by atoms with Crippen molar-refractivity contribution in [2.24, 2.45) is 0 Å². The molecule has 5 rings (SSSR count). The summed E-state index contributed by atoms with van der Waals surface area (Å²) in [6.45, 7) is -0.159. The van der Waals surface area contributed by atoms with Crippen molar-refractivity contribution in [1.82, 2.24) is 0 Å². The van der Waals surface area contributed by atoms with Crippen LogP contribution in [-0.4, -0.2) is 133 Å². The Kier molecular flexibility index (Phi) is 9.62. The number of phenols is 2. The van der Waals surface area contributed by atoms with Crippen LogP contribution in [0.2, 0.25) is 0 Å². The molecule has 10 atom stereocenters. The summed E-state index contributed by atoms with van der Waals surface area (Å²) in [6, 6.07) is 5.54. The van der Waals surface area contributed by atoms with Gasteiger partial charge in [-0.25, -0.2) is 0 Å². The molecule has 0 spiro atoms. The zero-order valence-electron chi connectivity index (χ0n) is 24.3. The molecule has 1 aromatic heterocycles. The Balaban J connectivity index is 1.54. The van der Waals surface area contributed by atoms with Crippen molar-refractivity contribution in [2.75, 3.05) is 20.3 Å². The Morgan fingerprint density at radius 2 is 1.24 bits per heavy atom. The van der Waals surface area contributed by atoms with Gasteiger partial charge in [-0.15, -0.1) is 0 Å². The molecule has 2 aliphatic rings. The number of rotatable bonds is 8. The Hall–Kier alpha value is -3.75. The van der Waals surface area contributed by atoms with Gasteiger partial charge in [-0.1, -0.05) is 0 Å². The van der Waals surface area contributed by atoms with E-state index in [1.54, 1.807) is 0 Å². The summed E-state index contributed by atoms with van der Waals surface area (Å²) < 4.78 is 33.3. The minimum Gasteiger partial charge on any atom is -0.507 e. The van der Waals surface area contributed by atoms with Gasteiger partial charge < -0.3 is 79.2 Å². The molecule has 3 aromatic rings. The van der Waals surface area contributed by atoms with E-state index < -0.39 is 108 Å². The number of hydrogen-bond donors (Lipinski definition) is 10. The molecule has 3 heterocycles. The topological polar surface area (TPSA) is 279 Å². The quantitative estimate of drug-likeness (QED) is 0.121. The van der Waals surface area contributed by atoms with Crippen molar-refractivity contribution < 1.29 is 79.2 Å². The van der Waals surface area contributed by atoms with Crippen LogP contribution in [0.3, 0.4) is 0 Å². The predicted octanol–water partition coefficient (Wildman–Crippen LogP) is -2.45. The van der Waals surface area contributed by atoms with E-state index >= 15 is 0 Å². The fraction of sp³-hybridized carbons (Fsp3) is 0.483. The Morgan fingerprint density at radius 3 is 1.74 bits per heavy atom. The number of aromatic hydroxyl groups is 2. The summed E-state index contributed by atoms with van der Waals surface area (Å²) in [5, 5.41) is 101. The van der Waals surface area contributed by atoms with Gasteiger partial charge in [0.15, 0.2) is 17.1 Å². The maximum atomic E-state index is 13.6. The van der Waals surface area contributed by atoms with E-state index in [-0.39, 0.29) is 28.4 Å². The number of phenolic OH excluding ortho intramolecular Hbond substituents is 2. The lowest BCUT2D eigenvalue weighted by Gasteiger charge is -2.39. The van der Waals surface area contributed by atoms with Gasteiger partial charge in [-0.3, -0.25) is 4.79 Å². The number of ether oxygens (including phenoxy) is 5. The van der Waals surface area contributed by atoms with Crippen LogP contribution in [0.4, 0.5) is 0 Å². The first-order chi connectivity index (χ1) is 21.8. The van der Waals surface area contributed by atoms with Gasteiger partial charge in [0, 0.05) is 11.1 Å². The fourth-order valence-corrected chi connectivity index (χ4v) is 5.22. The van der Waals surface area contributed by atoms with E-state index in [4.69, 9.17) is 28.1 Å². The van der Waals surface area contributed by atoms with Crippen LogP contribution in [0.5, 0.6) is 28.7 Å². The number of benzene rings is 2. The van der Waals surface area contributed by atoms with Gasteiger partial charge in [-0.2, -0.15) is 0 Å². The van der Waals surface area contributed by atoms with Crippen molar-refractivity contribution >= 4 is 11.0 Å². The summed E-state index contributed by atoms with van der Waals surface area (Å²) in [5.74, 6) is -2.47. The molecule has 2 aliphatic heterocycles. The maximum Gasteiger partial charge on any atom is 0.239 e. The van der Waals surface area contributed by atoms with Gasteiger partial charge in [0.05, 0.1) is 20.3 Å². The first kappa shape index (κ1) is 33.6. The van der Waals surface area contributed by atoms with Crippen molar-refractivity contribution in [2.45, 2.75) is 68.3 Å². The van der Waals surface area contributed by atoms with Crippen LogP contribution < -0.4 is 19.6 Å². The highest BCUT2D eigenvalue weighted by Crippen LogP contribution is 2.47. The van der Waals surface area contributed by atoms with E-state index in [0.29, 0.717) is 0 Å². The fourth-order valence-electron chi connectivity index (χ4n) is 5.22. The molecule has 0 radical (unpaired) electrons. The number of fused-ring (bicyclic) bond motifs is 1. The van der Waals surface area contributed by atoms with E-state index in [1.807, 2.05) is 0 Å². The van der Waals surface area contributed by atoms with Crippen LogP contribution in [0.1, 0.15) is 5.56 Å². The second-order valence-electron chi connectivity index (χ2n) is 10.8. The molecule has 2 saturated heterocycles. The number of aliphatic hydroxyl groups is 8. The molecule has 0 amide bonds. The second-order valence-corrected chi connectivity index (χ2v) is 10.8. The zero-order valence-corrected chi connectivity index (χ0v) is 24.3. The van der Waals surface area contributed by atoms with Crippen LogP contribution in [0.15, 0.2) is 33.5 Å². The van der Waals surface area contributed by atoms with Crippen molar-refractivity contribution in [3.63, 3.8) is 0 Å². The van der Waals surface area contributed by atoms with Gasteiger partial charge >= 0.3 is 0 Å². The highest BCUT2D eigenvalue weighted by molar-refractivity contribution is 5.94. The second kappa shape index (κ2) is 13.2. The van der Waals surface area contributed by atoms with Crippen LogP contribution in [0, 0.1) is 6.92 Å². The molecule has 252 valence electrons. The van der Waals surface area contributed by atoms with Gasteiger partial charge in [0.1, 0.15) is 65.7 Å². The average Bonchev–Trinajstić information content (AvgIpc) is 3.05. The molecular weight excluding hydrogens is 620 g/mol. The van der Waals surface area contributed by atoms with E-state index in [9.17, 15) is 55.9 Å². The first-order valence-corrected chi connectivity index (χ1v) is 14.0. The Morgan fingerprint density at radius 1 is 0.717 bits per heavy atom. The summed E-state index contributed by atoms with van der Waals surface area (Å²) in [7, 11) is 1.17. The standard InChI is InChI=1S/C29H34O17/c1-9-15(32)14-19(36)26(41-2)24(10-3-5-11(6-4-10)42-28-22(39)20(37)17(34)12(7-30)43-28)45-25(14)27(16(9)33)46-29-23(40)21(38)18(35)13(8-31)44-29/h3-6,12-13,17-18,20-23,28-35,37-40H,7-8H2,1-2H3. The SMILES string of the molecule is COc1c(-c2ccc(OC3OC(CO)C(O)C(O)C3O)cc2)oc2c(OC3OC(CO)C(O)C(O)C3O)c(O)c(C)c(O)c2c1=O. The zero-order chi connectivity index (χ0) is 33.6. The van der Waals surface area contributed by atoms with Crippen LogP contribution in [-0.2, 0) is 9.47 Å². The highest BCUT2D eigenvalue weighted by atomic mass is 16.7. The lowest BCUT2D eigenvalue weighted by molar-refractivity contribution is -0.277. The smallest absolute Gasteiger partial charge is 0.239 e. The molecule has 0 bridgehead atoms. The summed E-state index contributed by atoms with van der Waals surface area (Å²) in [5.41, 5.74) is -1.43. The summed E-state index contributed by atoms with van der Waals surface area (Å²) in [6.07, 6.45) is -16.1. The molecule has 17 nitrogen and oxygen atoms in total. The van der Waals surface area contributed by atoms with Crippen molar-refractivity contribution in [1.29, 1.82) is 0 Å². The van der Waals surface area contributed by atoms with Gasteiger partial charge in [0.25, 0.3) is 0 Å². The number of hydrogen-bond acceptors (Lipinski definition) is 17. The van der Waals surface area contributed by atoms with Crippen molar-refractivity contribution in [3.8, 4) is 40.1 Å². The minimum atomic E-state index is -1.89. The normalized spacial score (nSPS) is 31.5. The average molecular weight is 655 g/mol. The molecule has 46 heavy (non-hydrogen) atoms. The number of methoxy groups -OCH3 is 1. The lowest BCUT2D eigenvalue weighted by atomic mass is 9.99. The van der Waals surface area contributed by atoms with Crippen LogP contribution >= 0.6 is 0 Å². The van der Waals surface area contributed by atoms with Crippen LogP contribution in [0.25, 0.3) is 22.3 Å². The van der Waals surface area contributed by atoms with Gasteiger partial charge in [-0.05, 0) is 31.2 Å². The molecule has 17 heteroatoms. The minimum absolute atomic E-state index is 0.0905. The van der Waals surface area contributed by atoms with E-state index in [0.717, 1.165) is 0 Å². The van der Waals surface area contributed by atoms with E-state index in [2.05, 4.69) is 0 Å². The molecular formula is C29H34O17. The monoisotopic (exact) mass is 654 g/mol. The molecule has 0 aliphatic carbocycles. The summed E-state index contributed by atoms with van der Waals surface area (Å²) >= 11 is 0. The number of aliphatic hydroxyl groups excluding tert-OH is 8. The maximum absolute atomic E-state index is 13.6. The molecule has 10 N–H and O–H groups in total. The third-order valence-corrected chi connectivity index (χ3v) is 7.94.